The fourth-order valence-corrected chi connectivity index (χ4v) is 3.39. The Morgan fingerprint density at radius 2 is 1.89 bits per heavy atom. The van der Waals surface area contributed by atoms with Crippen LogP contribution in [0.2, 0.25) is 0 Å². The lowest BCUT2D eigenvalue weighted by molar-refractivity contribution is 0.0572. The summed E-state index contributed by atoms with van der Waals surface area (Å²) in [5.41, 5.74) is 6.49. The molecule has 2 atom stereocenters. The summed E-state index contributed by atoms with van der Waals surface area (Å²) >= 11 is 1.34. The molecule has 19 heavy (non-hydrogen) atoms. The van der Waals surface area contributed by atoms with Crippen LogP contribution in [0, 0.1) is 0 Å². The van der Waals surface area contributed by atoms with E-state index in [4.69, 9.17) is 5.73 Å². The average molecular weight is 278 g/mol. The maximum Gasteiger partial charge on any atom is 0.266 e. The van der Waals surface area contributed by atoms with Gasteiger partial charge in [0.1, 0.15) is 4.88 Å². The molecule has 1 amide bonds. The Bertz CT molecular complexity index is 630. The largest absolute Gasteiger partial charge is 0.397 e. The molecule has 2 aromatic rings. The zero-order valence-corrected chi connectivity index (χ0v) is 10.9. The molecule has 3 rings (SSSR count). The van der Waals surface area contributed by atoms with E-state index in [0.717, 1.165) is 10.1 Å². The number of likely N-dealkylation sites (tertiary alicyclic amines) is 1. The van der Waals surface area contributed by atoms with Crippen molar-refractivity contribution < 1.29 is 15.0 Å². The van der Waals surface area contributed by atoms with Crippen molar-refractivity contribution in [2.24, 2.45) is 0 Å². The molecule has 2 heterocycles. The van der Waals surface area contributed by atoms with Crippen molar-refractivity contribution in [2.75, 3.05) is 18.8 Å². The number of nitrogens with zero attached hydrogens (tertiary/aromatic N) is 1. The van der Waals surface area contributed by atoms with Gasteiger partial charge >= 0.3 is 0 Å². The number of thiophene rings is 1. The maximum absolute atomic E-state index is 12.4. The first-order valence-corrected chi connectivity index (χ1v) is 6.82. The smallest absolute Gasteiger partial charge is 0.266 e. The number of nitrogens with two attached hydrogens (primary N) is 1. The number of nitrogen functional groups attached to an aromatic ring is 1. The average Bonchev–Trinajstić information content (AvgIpc) is 2.91. The van der Waals surface area contributed by atoms with Crippen LogP contribution in [0.25, 0.3) is 10.1 Å². The van der Waals surface area contributed by atoms with Crippen LogP contribution in [0.4, 0.5) is 5.69 Å². The zero-order valence-electron chi connectivity index (χ0n) is 10.1. The minimum atomic E-state index is -0.875. The molecule has 6 heteroatoms. The second kappa shape index (κ2) is 4.48. The standard InChI is InChI=1S/C13H14N2O3S/c14-11-7-3-1-2-4-10(7)19-12(11)13(18)15-5-8(16)9(17)6-15/h1-4,8-9,16-17H,5-6,14H2. The molecule has 0 spiro atoms. The van der Waals surface area contributed by atoms with Gasteiger partial charge in [-0.05, 0) is 6.07 Å². The van der Waals surface area contributed by atoms with Crippen molar-refractivity contribution >= 4 is 33.0 Å². The Kier molecular flexibility index (Phi) is 2.93. The van der Waals surface area contributed by atoms with Crippen molar-refractivity contribution in [1.29, 1.82) is 0 Å². The van der Waals surface area contributed by atoms with E-state index < -0.39 is 12.2 Å². The maximum atomic E-state index is 12.4. The lowest BCUT2D eigenvalue weighted by Gasteiger charge is -2.14. The third-order valence-corrected chi connectivity index (χ3v) is 4.55. The van der Waals surface area contributed by atoms with Gasteiger partial charge < -0.3 is 20.8 Å². The minimum Gasteiger partial charge on any atom is -0.397 e. The van der Waals surface area contributed by atoms with Gasteiger partial charge in [0.05, 0.1) is 17.9 Å². The highest BCUT2D eigenvalue weighted by Crippen LogP contribution is 2.34. The number of carbonyl (C=O) groups is 1. The van der Waals surface area contributed by atoms with Crippen molar-refractivity contribution in [1.82, 2.24) is 4.90 Å². The number of β-amino-alcohol motifs (C(OH)–C–C–N with tert-alkyl or cyclic N) is 2. The molecule has 1 aromatic carbocycles. The van der Waals surface area contributed by atoms with Crippen molar-refractivity contribution in [2.45, 2.75) is 12.2 Å². The first-order valence-electron chi connectivity index (χ1n) is 6.00. The summed E-state index contributed by atoms with van der Waals surface area (Å²) in [4.78, 5) is 14.3. The van der Waals surface area contributed by atoms with E-state index in [1.807, 2.05) is 24.3 Å². The summed E-state index contributed by atoms with van der Waals surface area (Å²) < 4.78 is 0.962. The van der Waals surface area contributed by atoms with Gasteiger partial charge in [-0.1, -0.05) is 18.2 Å². The number of benzene rings is 1. The summed E-state index contributed by atoms with van der Waals surface area (Å²) in [6, 6.07) is 7.57. The van der Waals surface area contributed by atoms with E-state index in [2.05, 4.69) is 0 Å². The molecule has 0 aliphatic carbocycles. The van der Waals surface area contributed by atoms with Crippen molar-refractivity contribution in [3.8, 4) is 0 Å². The van der Waals surface area contributed by atoms with Crippen LogP contribution in [0.5, 0.6) is 0 Å². The molecule has 1 aliphatic rings. The number of aliphatic hydroxyl groups excluding tert-OH is 2. The molecule has 100 valence electrons. The Labute approximate surface area is 113 Å². The fraction of sp³-hybridized carbons (Fsp3) is 0.308. The first kappa shape index (κ1) is 12.4. The van der Waals surface area contributed by atoms with Gasteiger partial charge in [0.2, 0.25) is 0 Å². The Hall–Kier alpha value is -1.63. The topological polar surface area (TPSA) is 86.8 Å². The molecular weight excluding hydrogens is 264 g/mol. The number of amides is 1. The zero-order chi connectivity index (χ0) is 13.6. The Balaban J connectivity index is 1.96. The number of hydrogen-bond donors (Lipinski definition) is 3. The first-order chi connectivity index (χ1) is 9.08. The van der Waals surface area contributed by atoms with E-state index in [1.165, 1.54) is 16.2 Å². The summed E-state index contributed by atoms with van der Waals surface area (Å²) in [6.45, 7) is 0.293. The van der Waals surface area contributed by atoms with E-state index in [-0.39, 0.29) is 19.0 Å². The van der Waals surface area contributed by atoms with E-state index in [1.54, 1.807) is 0 Å². The van der Waals surface area contributed by atoms with Crippen LogP contribution in [0.3, 0.4) is 0 Å². The van der Waals surface area contributed by atoms with E-state index >= 15 is 0 Å². The molecule has 2 unspecified atom stereocenters. The molecule has 1 fully saturated rings. The number of aliphatic hydroxyl groups is 2. The Morgan fingerprint density at radius 3 is 2.53 bits per heavy atom. The monoisotopic (exact) mass is 278 g/mol. The van der Waals surface area contributed by atoms with Gasteiger partial charge in [-0.15, -0.1) is 11.3 Å². The number of rotatable bonds is 1. The van der Waals surface area contributed by atoms with Crippen LogP contribution in [0.15, 0.2) is 24.3 Å². The van der Waals surface area contributed by atoms with E-state index in [0.29, 0.717) is 10.6 Å². The SMILES string of the molecule is Nc1c(C(=O)N2CC(O)C(O)C2)sc2ccccc12. The Morgan fingerprint density at radius 1 is 1.26 bits per heavy atom. The van der Waals surface area contributed by atoms with Crippen LogP contribution in [0.1, 0.15) is 9.67 Å². The molecule has 1 aromatic heterocycles. The highest BCUT2D eigenvalue weighted by atomic mass is 32.1. The predicted octanol–water partition coefficient (Wildman–Crippen LogP) is 0.661. The molecule has 0 bridgehead atoms. The summed E-state index contributed by atoms with van der Waals surface area (Å²) in [5.74, 6) is -0.228. The highest BCUT2D eigenvalue weighted by molar-refractivity contribution is 7.21. The second-order valence-electron chi connectivity index (χ2n) is 4.69. The fourth-order valence-electron chi connectivity index (χ4n) is 2.30. The lowest BCUT2D eigenvalue weighted by atomic mass is 10.2. The number of anilines is 1. The van der Waals surface area contributed by atoms with Crippen LogP contribution in [-0.2, 0) is 0 Å². The summed E-state index contributed by atoms with van der Waals surface area (Å²) in [7, 11) is 0. The molecule has 0 saturated carbocycles. The van der Waals surface area contributed by atoms with E-state index in [9.17, 15) is 15.0 Å². The lowest BCUT2D eigenvalue weighted by Crippen LogP contribution is -2.29. The molecule has 4 N–H and O–H groups in total. The van der Waals surface area contributed by atoms with Crippen LogP contribution < -0.4 is 5.73 Å². The van der Waals surface area contributed by atoms with Crippen LogP contribution >= 0.6 is 11.3 Å². The number of hydrogen-bond acceptors (Lipinski definition) is 5. The predicted molar refractivity (Wildman–Crippen MR) is 74.2 cm³/mol. The molecule has 1 aliphatic heterocycles. The minimum absolute atomic E-state index is 0.147. The third kappa shape index (κ3) is 1.98. The van der Waals surface area contributed by atoms with Gasteiger partial charge in [-0.25, -0.2) is 0 Å². The highest BCUT2D eigenvalue weighted by Gasteiger charge is 2.34. The van der Waals surface area contributed by atoms with Gasteiger partial charge in [-0.2, -0.15) is 0 Å². The molecule has 1 saturated heterocycles. The molecule has 5 nitrogen and oxygen atoms in total. The summed E-state index contributed by atoms with van der Waals surface area (Å²) in [6.07, 6.45) is -1.75. The quantitative estimate of drug-likeness (QED) is 0.715. The van der Waals surface area contributed by atoms with Gasteiger partial charge in [-0.3, -0.25) is 4.79 Å². The number of carbonyl (C=O) groups excluding carboxylic acids is 1. The molecular formula is C13H14N2O3S. The van der Waals surface area contributed by atoms with Gasteiger partial charge in [0.25, 0.3) is 5.91 Å². The van der Waals surface area contributed by atoms with Crippen molar-refractivity contribution in [3.05, 3.63) is 29.1 Å². The third-order valence-electron chi connectivity index (χ3n) is 3.37. The molecule has 0 radical (unpaired) electrons. The van der Waals surface area contributed by atoms with Crippen molar-refractivity contribution in [3.63, 3.8) is 0 Å². The number of fused-ring (bicyclic) bond motifs is 1. The normalized spacial score (nSPS) is 23.2. The second-order valence-corrected chi connectivity index (χ2v) is 5.74. The van der Waals surface area contributed by atoms with Gasteiger partial charge in [0, 0.05) is 23.2 Å². The van der Waals surface area contributed by atoms with Gasteiger partial charge in [0.15, 0.2) is 0 Å². The van der Waals surface area contributed by atoms with Crippen LogP contribution in [-0.4, -0.2) is 46.3 Å². The summed E-state index contributed by atoms with van der Waals surface area (Å²) in [5, 5.41) is 19.9.